The van der Waals surface area contributed by atoms with Gasteiger partial charge < -0.3 is 10.6 Å². The number of amides is 2. The van der Waals surface area contributed by atoms with E-state index in [-0.39, 0.29) is 22.7 Å². The molecule has 0 saturated heterocycles. The Morgan fingerprint density at radius 2 is 1.96 bits per heavy atom. The second kappa shape index (κ2) is 6.34. The van der Waals surface area contributed by atoms with Crippen molar-refractivity contribution >= 4 is 29.1 Å². The molecule has 0 atom stereocenters. The summed E-state index contributed by atoms with van der Waals surface area (Å²) in [5.74, 6) is -1.30. The summed E-state index contributed by atoms with van der Waals surface area (Å²) >= 11 is 5.67. The molecular weight excluding hydrogens is 321 g/mol. The fourth-order valence-corrected chi connectivity index (χ4v) is 2.14. The maximum atomic E-state index is 13.1. The van der Waals surface area contributed by atoms with Crippen molar-refractivity contribution in [3.63, 3.8) is 0 Å². The highest BCUT2D eigenvalue weighted by atomic mass is 35.5. The van der Waals surface area contributed by atoms with Gasteiger partial charge in [-0.15, -0.1) is 0 Å². The molecule has 0 unspecified atom stereocenters. The van der Waals surface area contributed by atoms with Crippen LogP contribution in [0.2, 0.25) is 5.02 Å². The Morgan fingerprint density at radius 1 is 1.17 bits per heavy atom. The fourth-order valence-electron chi connectivity index (χ4n) is 1.96. The van der Waals surface area contributed by atoms with Gasteiger partial charge in [0.2, 0.25) is 0 Å². The van der Waals surface area contributed by atoms with Crippen molar-refractivity contribution in [2.24, 2.45) is 0 Å². The summed E-state index contributed by atoms with van der Waals surface area (Å²) in [6.45, 7) is 0. The van der Waals surface area contributed by atoms with Crippen LogP contribution in [0.15, 0.2) is 36.5 Å². The minimum Gasteiger partial charge on any atom is -0.349 e. The lowest BCUT2D eigenvalue weighted by molar-refractivity contribution is 0.0951. The zero-order valence-corrected chi connectivity index (χ0v) is 12.7. The molecule has 1 aliphatic carbocycles. The van der Waals surface area contributed by atoms with Gasteiger partial charge in [-0.05, 0) is 43.2 Å². The lowest BCUT2D eigenvalue weighted by atomic mass is 10.2. The number of hydrogen-bond donors (Lipinski definition) is 2. The average Bonchev–Trinajstić information content (AvgIpc) is 3.35. The van der Waals surface area contributed by atoms with E-state index in [2.05, 4.69) is 15.6 Å². The molecule has 3 rings (SSSR count). The number of anilines is 1. The molecule has 2 amide bonds. The number of nitrogens with zero attached hydrogens (tertiary/aromatic N) is 1. The Balaban J connectivity index is 1.73. The molecule has 1 aliphatic rings. The molecule has 1 fully saturated rings. The minimum absolute atomic E-state index is 0.0895. The van der Waals surface area contributed by atoms with Gasteiger partial charge in [0.05, 0.1) is 5.02 Å². The van der Waals surface area contributed by atoms with Gasteiger partial charge in [0.15, 0.2) is 0 Å². The monoisotopic (exact) mass is 333 g/mol. The van der Waals surface area contributed by atoms with Gasteiger partial charge in [-0.3, -0.25) is 14.6 Å². The highest BCUT2D eigenvalue weighted by molar-refractivity contribution is 6.31. The summed E-state index contributed by atoms with van der Waals surface area (Å²) in [5.41, 5.74) is 0.805. The molecule has 0 bridgehead atoms. The van der Waals surface area contributed by atoms with Gasteiger partial charge in [0, 0.05) is 23.5 Å². The summed E-state index contributed by atoms with van der Waals surface area (Å²) in [7, 11) is 0. The van der Waals surface area contributed by atoms with E-state index in [1.807, 2.05) is 0 Å². The van der Waals surface area contributed by atoms with Crippen LogP contribution in [0.1, 0.15) is 33.7 Å². The van der Waals surface area contributed by atoms with Crippen LogP contribution in [0.25, 0.3) is 0 Å². The Kier molecular flexibility index (Phi) is 4.25. The van der Waals surface area contributed by atoms with Crippen LogP contribution < -0.4 is 10.6 Å². The fraction of sp³-hybridized carbons (Fsp3) is 0.188. The number of pyridine rings is 1. The molecule has 2 N–H and O–H groups in total. The molecule has 1 saturated carbocycles. The molecule has 1 aromatic heterocycles. The summed E-state index contributed by atoms with van der Waals surface area (Å²) in [6, 6.07) is 7.04. The van der Waals surface area contributed by atoms with Crippen LogP contribution in [0.5, 0.6) is 0 Å². The highest BCUT2D eigenvalue weighted by Crippen LogP contribution is 2.21. The van der Waals surface area contributed by atoms with Crippen LogP contribution in [0.4, 0.5) is 10.1 Å². The van der Waals surface area contributed by atoms with Gasteiger partial charge in [0.25, 0.3) is 11.8 Å². The Bertz CT molecular complexity index is 778. The molecule has 0 aliphatic heterocycles. The van der Waals surface area contributed by atoms with Crippen LogP contribution in [0, 0.1) is 5.82 Å². The first-order valence-electron chi connectivity index (χ1n) is 7.06. The van der Waals surface area contributed by atoms with E-state index in [0.717, 1.165) is 18.9 Å². The van der Waals surface area contributed by atoms with Gasteiger partial charge in [-0.1, -0.05) is 11.6 Å². The smallest absolute Gasteiger partial charge is 0.274 e. The quantitative estimate of drug-likeness (QED) is 0.903. The molecule has 23 heavy (non-hydrogen) atoms. The van der Waals surface area contributed by atoms with Crippen molar-refractivity contribution < 1.29 is 14.0 Å². The molecule has 0 radical (unpaired) electrons. The predicted octanol–water partition coefficient (Wildman–Crippen LogP) is 3.02. The molecular formula is C16H13ClFN3O2. The topological polar surface area (TPSA) is 71.1 Å². The number of hydrogen-bond acceptors (Lipinski definition) is 3. The summed E-state index contributed by atoms with van der Waals surface area (Å²) in [5, 5.41) is 5.31. The molecule has 1 aromatic carbocycles. The first-order chi connectivity index (χ1) is 11.0. The third kappa shape index (κ3) is 3.84. The lowest BCUT2D eigenvalue weighted by Gasteiger charge is -2.07. The maximum absolute atomic E-state index is 13.1. The van der Waals surface area contributed by atoms with E-state index in [0.29, 0.717) is 11.3 Å². The number of halogens is 2. The Hall–Kier alpha value is -2.47. The largest absolute Gasteiger partial charge is 0.349 e. The SMILES string of the molecule is O=C(NC1CC1)c1ccnc(C(=O)Nc2ccc(F)c(Cl)c2)c1. The Labute approximate surface area is 136 Å². The summed E-state index contributed by atoms with van der Waals surface area (Å²) in [6.07, 6.45) is 3.36. The van der Waals surface area contributed by atoms with Gasteiger partial charge in [-0.2, -0.15) is 0 Å². The zero-order valence-electron chi connectivity index (χ0n) is 12.0. The molecule has 7 heteroatoms. The average molecular weight is 334 g/mol. The van der Waals surface area contributed by atoms with Gasteiger partial charge in [0.1, 0.15) is 11.5 Å². The van der Waals surface area contributed by atoms with Crippen molar-refractivity contribution in [2.75, 3.05) is 5.32 Å². The van der Waals surface area contributed by atoms with Crippen molar-refractivity contribution in [2.45, 2.75) is 18.9 Å². The van der Waals surface area contributed by atoms with Crippen LogP contribution in [-0.4, -0.2) is 22.8 Å². The second-order valence-electron chi connectivity index (χ2n) is 5.26. The van der Waals surface area contributed by atoms with Crippen molar-refractivity contribution in [3.8, 4) is 0 Å². The number of benzene rings is 1. The summed E-state index contributed by atoms with van der Waals surface area (Å²) in [4.78, 5) is 28.1. The minimum atomic E-state index is -0.568. The van der Waals surface area contributed by atoms with Crippen LogP contribution >= 0.6 is 11.6 Å². The standard InChI is InChI=1S/C16H13ClFN3O2/c17-12-8-11(3-4-13(12)18)21-16(23)14-7-9(5-6-19-14)15(22)20-10-1-2-10/h3-8,10H,1-2H2,(H,20,22)(H,21,23). The maximum Gasteiger partial charge on any atom is 0.274 e. The molecule has 0 spiro atoms. The van der Waals surface area contributed by atoms with Crippen molar-refractivity contribution in [3.05, 3.63) is 58.6 Å². The number of carbonyl (C=O) groups excluding carboxylic acids is 2. The third-order valence-electron chi connectivity index (χ3n) is 3.34. The third-order valence-corrected chi connectivity index (χ3v) is 3.63. The van der Waals surface area contributed by atoms with Gasteiger partial charge in [-0.25, -0.2) is 4.39 Å². The normalized spacial score (nSPS) is 13.5. The first-order valence-corrected chi connectivity index (χ1v) is 7.44. The molecule has 1 heterocycles. The van der Waals surface area contributed by atoms with Crippen molar-refractivity contribution in [1.82, 2.24) is 10.3 Å². The van der Waals surface area contributed by atoms with E-state index < -0.39 is 11.7 Å². The number of carbonyl (C=O) groups is 2. The second-order valence-corrected chi connectivity index (χ2v) is 5.67. The van der Waals surface area contributed by atoms with Crippen molar-refractivity contribution in [1.29, 1.82) is 0 Å². The molecule has 5 nitrogen and oxygen atoms in total. The Morgan fingerprint density at radius 3 is 2.65 bits per heavy atom. The number of nitrogens with one attached hydrogen (secondary N) is 2. The van der Waals surface area contributed by atoms with Gasteiger partial charge >= 0.3 is 0 Å². The van der Waals surface area contributed by atoms with E-state index in [1.165, 1.54) is 24.4 Å². The highest BCUT2D eigenvalue weighted by Gasteiger charge is 2.24. The number of aromatic nitrogens is 1. The van der Waals surface area contributed by atoms with Crippen LogP contribution in [0.3, 0.4) is 0 Å². The van der Waals surface area contributed by atoms with Crippen LogP contribution in [-0.2, 0) is 0 Å². The molecule has 118 valence electrons. The zero-order chi connectivity index (χ0) is 16.4. The van der Waals surface area contributed by atoms with E-state index >= 15 is 0 Å². The first kappa shape index (κ1) is 15.4. The number of rotatable bonds is 4. The van der Waals surface area contributed by atoms with E-state index in [4.69, 9.17) is 11.6 Å². The summed E-state index contributed by atoms with van der Waals surface area (Å²) < 4.78 is 13.1. The van der Waals surface area contributed by atoms with E-state index in [9.17, 15) is 14.0 Å². The van der Waals surface area contributed by atoms with E-state index in [1.54, 1.807) is 6.07 Å². The predicted molar refractivity (Wildman–Crippen MR) is 84.1 cm³/mol. The molecule has 2 aromatic rings. The lowest BCUT2D eigenvalue weighted by Crippen LogP contribution is -2.26.